The molecule has 0 saturated heterocycles. The van der Waals surface area contributed by atoms with Crippen molar-refractivity contribution in [3.8, 4) is 0 Å². The first-order chi connectivity index (χ1) is 6.66. The summed E-state index contributed by atoms with van der Waals surface area (Å²) in [6.45, 7) is 2.18. The highest BCUT2D eigenvalue weighted by molar-refractivity contribution is 14.1. The lowest BCUT2D eigenvalue weighted by molar-refractivity contribution is 0.924. The van der Waals surface area contributed by atoms with Gasteiger partial charge in [-0.1, -0.05) is 23.8 Å². The first-order valence-electron chi connectivity index (χ1n) is 4.86. The van der Waals surface area contributed by atoms with Crippen molar-refractivity contribution < 1.29 is 0 Å². The molecule has 1 aromatic rings. The molecular formula is C12H15ClIN. The molecule has 0 heterocycles. The van der Waals surface area contributed by atoms with Crippen molar-refractivity contribution in [1.82, 2.24) is 0 Å². The molecule has 0 bridgehead atoms. The van der Waals surface area contributed by atoms with Crippen LogP contribution in [0.25, 0.3) is 6.08 Å². The van der Waals surface area contributed by atoms with Gasteiger partial charge < -0.3 is 5.73 Å². The van der Waals surface area contributed by atoms with E-state index in [1.54, 1.807) is 0 Å². The summed E-state index contributed by atoms with van der Waals surface area (Å²) in [4.78, 5) is 0. The van der Waals surface area contributed by atoms with Crippen molar-refractivity contribution in [2.75, 3.05) is 0 Å². The van der Waals surface area contributed by atoms with Crippen molar-refractivity contribution in [1.29, 1.82) is 0 Å². The Balaban J connectivity index is 0.00000112. The fourth-order valence-corrected chi connectivity index (χ4v) is 2.03. The number of benzene rings is 1. The third-order valence-electron chi connectivity index (χ3n) is 2.69. The lowest BCUT2D eigenvalue weighted by Crippen LogP contribution is -2.02. The molecule has 2 rings (SSSR count). The molecule has 0 radical (unpaired) electrons. The molecule has 15 heavy (non-hydrogen) atoms. The largest absolute Gasteiger partial charge is 0.327 e. The van der Waals surface area contributed by atoms with Crippen molar-refractivity contribution >= 4 is 41.1 Å². The number of halogens is 2. The van der Waals surface area contributed by atoms with Gasteiger partial charge in [0.25, 0.3) is 0 Å². The van der Waals surface area contributed by atoms with Crippen LogP contribution in [0.15, 0.2) is 29.8 Å². The molecule has 2 N–H and O–H groups in total. The Morgan fingerprint density at radius 1 is 1.40 bits per heavy atom. The number of rotatable bonds is 2. The van der Waals surface area contributed by atoms with Crippen LogP contribution in [0.2, 0.25) is 0 Å². The van der Waals surface area contributed by atoms with Gasteiger partial charge in [-0.3, -0.25) is 0 Å². The van der Waals surface area contributed by atoms with Gasteiger partial charge >= 0.3 is 0 Å². The van der Waals surface area contributed by atoms with Crippen LogP contribution >= 0.6 is 35.0 Å². The Hall–Kier alpha value is -0.0600. The van der Waals surface area contributed by atoms with E-state index < -0.39 is 0 Å². The fraction of sp³-hybridized carbons (Fsp3) is 0.333. The monoisotopic (exact) mass is 335 g/mol. The second-order valence-corrected chi connectivity index (χ2v) is 5.19. The standard InChI is InChI=1S/C12H14IN.ClH/c1-8(11-7-12(11)14)6-9-2-4-10(13)5-3-9;/h2-6,11-12H,7,14H2,1H3;1H/t11-,12+;/m0./s1. The van der Waals surface area contributed by atoms with Gasteiger partial charge in [0.15, 0.2) is 0 Å². The SMILES string of the molecule is CC(=Cc1ccc(I)cc1)[C@@H]1C[C@H]1N.Cl. The topological polar surface area (TPSA) is 26.0 Å². The van der Waals surface area contributed by atoms with Crippen LogP contribution in [0.4, 0.5) is 0 Å². The van der Waals surface area contributed by atoms with Crippen LogP contribution in [0.5, 0.6) is 0 Å². The molecule has 1 saturated carbocycles. The summed E-state index contributed by atoms with van der Waals surface area (Å²) >= 11 is 2.32. The molecule has 1 aromatic carbocycles. The van der Waals surface area contributed by atoms with E-state index in [0.717, 1.165) is 6.42 Å². The Morgan fingerprint density at radius 2 is 1.93 bits per heavy atom. The van der Waals surface area contributed by atoms with E-state index in [9.17, 15) is 0 Å². The van der Waals surface area contributed by atoms with Crippen molar-refractivity contribution in [2.24, 2.45) is 11.7 Å². The molecule has 2 atom stereocenters. The molecule has 0 aliphatic heterocycles. The first-order valence-corrected chi connectivity index (χ1v) is 5.94. The average Bonchev–Trinajstić information content (AvgIpc) is 2.87. The van der Waals surface area contributed by atoms with Gasteiger partial charge in [-0.15, -0.1) is 12.4 Å². The molecule has 1 nitrogen and oxygen atoms in total. The highest BCUT2D eigenvalue weighted by Crippen LogP contribution is 2.35. The second kappa shape index (κ2) is 5.32. The maximum atomic E-state index is 5.80. The summed E-state index contributed by atoms with van der Waals surface area (Å²) in [5.41, 5.74) is 8.50. The number of hydrogen-bond donors (Lipinski definition) is 1. The Labute approximate surface area is 111 Å². The zero-order valence-electron chi connectivity index (χ0n) is 8.61. The Bertz CT molecular complexity index is 358. The van der Waals surface area contributed by atoms with Gasteiger partial charge in [0, 0.05) is 9.61 Å². The third-order valence-corrected chi connectivity index (χ3v) is 3.41. The molecule has 0 spiro atoms. The molecule has 1 fully saturated rings. The fourth-order valence-electron chi connectivity index (χ4n) is 1.67. The lowest BCUT2D eigenvalue weighted by atomic mass is 10.1. The minimum absolute atomic E-state index is 0. The van der Waals surface area contributed by atoms with Crippen LogP contribution in [-0.4, -0.2) is 6.04 Å². The van der Waals surface area contributed by atoms with Crippen LogP contribution < -0.4 is 5.73 Å². The highest BCUT2D eigenvalue weighted by Gasteiger charge is 2.34. The summed E-state index contributed by atoms with van der Waals surface area (Å²) in [5, 5.41) is 0. The zero-order chi connectivity index (χ0) is 10.1. The van der Waals surface area contributed by atoms with Gasteiger partial charge in [0.1, 0.15) is 0 Å². The van der Waals surface area contributed by atoms with Crippen LogP contribution in [0.3, 0.4) is 0 Å². The molecule has 3 heteroatoms. The predicted molar refractivity (Wildman–Crippen MR) is 76.1 cm³/mol. The van der Waals surface area contributed by atoms with Crippen LogP contribution in [-0.2, 0) is 0 Å². The quantitative estimate of drug-likeness (QED) is 0.823. The summed E-state index contributed by atoms with van der Waals surface area (Å²) in [5.74, 6) is 0.634. The van der Waals surface area contributed by atoms with E-state index >= 15 is 0 Å². The van der Waals surface area contributed by atoms with Crippen LogP contribution in [0, 0.1) is 9.49 Å². The third kappa shape index (κ3) is 3.47. The summed E-state index contributed by atoms with van der Waals surface area (Å²) in [6.07, 6.45) is 3.40. The molecular weight excluding hydrogens is 320 g/mol. The molecule has 0 amide bonds. The zero-order valence-corrected chi connectivity index (χ0v) is 11.6. The van der Waals surface area contributed by atoms with Crippen molar-refractivity contribution in [3.63, 3.8) is 0 Å². The Morgan fingerprint density at radius 3 is 2.40 bits per heavy atom. The summed E-state index contributed by atoms with van der Waals surface area (Å²) < 4.78 is 1.28. The number of hydrogen-bond acceptors (Lipinski definition) is 1. The second-order valence-electron chi connectivity index (χ2n) is 3.95. The van der Waals surface area contributed by atoms with Gasteiger partial charge in [0.2, 0.25) is 0 Å². The Kier molecular flexibility index (Phi) is 4.62. The van der Waals surface area contributed by atoms with Crippen molar-refractivity contribution in [2.45, 2.75) is 19.4 Å². The van der Waals surface area contributed by atoms with Gasteiger partial charge in [-0.2, -0.15) is 0 Å². The summed E-state index contributed by atoms with van der Waals surface area (Å²) in [7, 11) is 0. The van der Waals surface area contributed by atoms with E-state index in [-0.39, 0.29) is 12.4 Å². The molecule has 1 aliphatic rings. The average molecular weight is 336 g/mol. The maximum absolute atomic E-state index is 5.80. The molecule has 82 valence electrons. The molecule has 0 aromatic heterocycles. The molecule has 0 unspecified atom stereocenters. The van der Waals surface area contributed by atoms with E-state index in [1.165, 1.54) is 14.7 Å². The van der Waals surface area contributed by atoms with Crippen LogP contribution in [0.1, 0.15) is 18.9 Å². The molecule has 1 aliphatic carbocycles. The van der Waals surface area contributed by atoms with Gasteiger partial charge in [0.05, 0.1) is 0 Å². The van der Waals surface area contributed by atoms with E-state index in [1.807, 2.05) is 0 Å². The highest BCUT2D eigenvalue weighted by atomic mass is 127. The first kappa shape index (κ1) is 13.0. The van der Waals surface area contributed by atoms with E-state index in [0.29, 0.717) is 12.0 Å². The minimum atomic E-state index is 0. The minimum Gasteiger partial charge on any atom is -0.327 e. The normalized spacial score (nSPS) is 24.6. The lowest BCUT2D eigenvalue weighted by Gasteiger charge is -1.99. The predicted octanol–water partition coefficient (Wildman–Crippen LogP) is 3.46. The maximum Gasteiger partial charge on any atom is 0.0130 e. The smallest absolute Gasteiger partial charge is 0.0130 e. The van der Waals surface area contributed by atoms with Gasteiger partial charge in [-0.25, -0.2) is 0 Å². The van der Waals surface area contributed by atoms with E-state index in [2.05, 4.69) is 59.9 Å². The van der Waals surface area contributed by atoms with E-state index in [4.69, 9.17) is 5.73 Å². The summed E-state index contributed by atoms with van der Waals surface area (Å²) in [6, 6.07) is 8.98. The van der Waals surface area contributed by atoms with Crippen molar-refractivity contribution in [3.05, 3.63) is 39.0 Å². The van der Waals surface area contributed by atoms with Gasteiger partial charge in [-0.05, 0) is 59.5 Å². The number of nitrogens with two attached hydrogens (primary N) is 1.